The minimum absolute atomic E-state index is 0.0430. The van der Waals surface area contributed by atoms with E-state index >= 15 is 0 Å². The summed E-state index contributed by atoms with van der Waals surface area (Å²) in [5, 5.41) is 41.3. The van der Waals surface area contributed by atoms with Gasteiger partial charge in [-0.2, -0.15) is 5.26 Å². The molecule has 0 radical (unpaired) electrons. The molecule has 0 bridgehead atoms. The molecule has 2 heterocycles. The van der Waals surface area contributed by atoms with E-state index in [9.17, 15) is 25.4 Å². The number of pyridine rings is 1. The van der Waals surface area contributed by atoms with Crippen molar-refractivity contribution in [2.75, 3.05) is 39.5 Å². The van der Waals surface area contributed by atoms with Crippen molar-refractivity contribution in [3.05, 3.63) is 106 Å². The van der Waals surface area contributed by atoms with Gasteiger partial charge in [0, 0.05) is 61.2 Å². The predicted molar refractivity (Wildman–Crippen MR) is 193 cm³/mol. The van der Waals surface area contributed by atoms with Gasteiger partial charge in [0.25, 0.3) is 0 Å². The maximum atomic E-state index is 11.5. The van der Waals surface area contributed by atoms with Gasteiger partial charge in [0.15, 0.2) is 0 Å². The van der Waals surface area contributed by atoms with E-state index in [0.29, 0.717) is 46.4 Å². The lowest BCUT2D eigenvalue weighted by Crippen LogP contribution is -2.39. The van der Waals surface area contributed by atoms with Gasteiger partial charge in [0.05, 0.1) is 42.4 Å². The van der Waals surface area contributed by atoms with Crippen LogP contribution in [-0.4, -0.2) is 82.8 Å². The van der Waals surface area contributed by atoms with Crippen LogP contribution in [0.1, 0.15) is 48.9 Å². The van der Waals surface area contributed by atoms with Crippen LogP contribution >= 0.6 is 11.6 Å². The summed E-state index contributed by atoms with van der Waals surface area (Å²) in [7, 11) is 0. The number of aliphatic carboxylic acids is 1. The second-order valence-corrected chi connectivity index (χ2v) is 13.8. The number of allylic oxidation sites excluding steroid dienone is 3. The van der Waals surface area contributed by atoms with E-state index in [1.165, 1.54) is 6.20 Å². The van der Waals surface area contributed by atoms with Crippen molar-refractivity contribution < 1.29 is 34.3 Å². The fourth-order valence-electron chi connectivity index (χ4n) is 6.44. The van der Waals surface area contributed by atoms with Crippen molar-refractivity contribution >= 4 is 23.1 Å². The quantitative estimate of drug-likeness (QED) is 0.136. The van der Waals surface area contributed by atoms with Crippen molar-refractivity contribution in [2.24, 2.45) is 11.3 Å². The van der Waals surface area contributed by atoms with Gasteiger partial charge in [0.1, 0.15) is 36.0 Å². The first-order valence-electron chi connectivity index (χ1n) is 17.1. The molecule has 1 fully saturated rings. The summed E-state index contributed by atoms with van der Waals surface area (Å²) in [5.74, 6) is 0.190. The van der Waals surface area contributed by atoms with Gasteiger partial charge in [-0.25, -0.2) is 0 Å². The van der Waals surface area contributed by atoms with E-state index in [4.69, 9.17) is 25.8 Å². The molecule has 5 rings (SSSR count). The third kappa shape index (κ3) is 9.88. The maximum absolute atomic E-state index is 11.5. The molecule has 11 nitrogen and oxygen atoms in total. The molecule has 270 valence electrons. The van der Waals surface area contributed by atoms with Crippen LogP contribution in [-0.2, 0) is 22.7 Å². The summed E-state index contributed by atoms with van der Waals surface area (Å²) in [4.78, 5) is 17.9. The van der Waals surface area contributed by atoms with Crippen LogP contribution in [0.15, 0.2) is 78.8 Å². The molecule has 1 aliphatic carbocycles. The fourth-order valence-corrected chi connectivity index (χ4v) is 6.68. The molecule has 2 unspecified atom stereocenters. The van der Waals surface area contributed by atoms with Gasteiger partial charge >= 0.3 is 5.97 Å². The van der Waals surface area contributed by atoms with E-state index in [1.807, 2.05) is 24.3 Å². The molecule has 2 aromatic carbocycles. The fraction of sp³-hybridized carbons (Fsp3) is 0.410. The van der Waals surface area contributed by atoms with Crippen molar-refractivity contribution in [3.63, 3.8) is 0 Å². The van der Waals surface area contributed by atoms with Gasteiger partial charge < -0.3 is 34.4 Å². The molecule has 51 heavy (non-hydrogen) atoms. The number of hydrogen-bond donors (Lipinski definition) is 4. The van der Waals surface area contributed by atoms with Crippen LogP contribution in [0, 0.1) is 22.7 Å². The molecular weight excluding hydrogens is 672 g/mol. The Balaban J connectivity index is 1.37. The third-order valence-electron chi connectivity index (χ3n) is 9.40. The Bertz CT molecular complexity index is 1760. The highest BCUT2D eigenvalue weighted by molar-refractivity contribution is 6.32. The second-order valence-electron chi connectivity index (χ2n) is 13.4. The first-order chi connectivity index (χ1) is 24.6. The van der Waals surface area contributed by atoms with E-state index in [0.717, 1.165) is 42.8 Å². The highest BCUT2D eigenvalue weighted by atomic mass is 35.5. The Kier molecular flexibility index (Phi) is 13.1. The third-order valence-corrected chi connectivity index (χ3v) is 9.70. The molecule has 1 saturated heterocycles. The van der Waals surface area contributed by atoms with Crippen LogP contribution in [0.25, 0.3) is 5.57 Å². The lowest BCUT2D eigenvalue weighted by molar-refractivity contribution is -0.140. The van der Waals surface area contributed by atoms with Crippen LogP contribution in [0.2, 0.25) is 5.02 Å². The standard InChI is InChI=1S/C39H45ClN4O7/c1-39(2)31(28-7-4-3-5-8-28)9-10-35(49-14-6-12-44-13-11-30(46)22-44)32(39)25-51-37-17-36(50-24-27-15-26(18-41)19-42-20-27)29(16-33(37)40)21-43-34(23-45)38(47)48/h3-5,7-10,15-17,19-20,30,32,34,43,45-46H,6,11-14,21-25H2,1-2H3,(H,47,48)/t30-,32?,34?/m1/s1. The summed E-state index contributed by atoms with van der Waals surface area (Å²) in [6, 6.07) is 16.1. The number of aliphatic hydroxyl groups is 2. The number of rotatable bonds is 17. The Hall–Kier alpha value is -4.44. The summed E-state index contributed by atoms with van der Waals surface area (Å²) < 4.78 is 19.1. The van der Waals surface area contributed by atoms with E-state index in [1.54, 1.807) is 24.4 Å². The Morgan fingerprint density at radius 1 is 1.14 bits per heavy atom. The molecule has 3 aromatic rings. The number of carboxylic acids is 1. The lowest BCUT2D eigenvalue weighted by Gasteiger charge is -2.40. The van der Waals surface area contributed by atoms with Gasteiger partial charge in [0.2, 0.25) is 0 Å². The normalized spacial score (nSPS) is 19.1. The molecule has 2 aliphatic rings. The SMILES string of the molecule is CC1(C)C(c2ccccc2)=CC=C(OCCCN2CC[C@@H](O)C2)C1COc1cc(OCc2cncc(C#N)c2)c(CNC(CO)C(=O)O)cc1Cl. The molecule has 0 spiro atoms. The first kappa shape index (κ1) is 37.8. The summed E-state index contributed by atoms with van der Waals surface area (Å²) >= 11 is 6.79. The van der Waals surface area contributed by atoms with Crippen LogP contribution in [0.5, 0.6) is 11.5 Å². The number of benzene rings is 2. The number of aromatic nitrogens is 1. The molecule has 0 saturated carbocycles. The number of carbonyl (C=O) groups is 1. The van der Waals surface area contributed by atoms with Gasteiger partial charge in [-0.3, -0.25) is 15.1 Å². The van der Waals surface area contributed by atoms with Crippen molar-refractivity contribution in [3.8, 4) is 17.6 Å². The summed E-state index contributed by atoms with van der Waals surface area (Å²) in [6.45, 7) is 7.07. The molecule has 1 aromatic heterocycles. The highest BCUT2D eigenvalue weighted by Gasteiger charge is 2.40. The lowest BCUT2D eigenvalue weighted by atomic mass is 9.67. The maximum Gasteiger partial charge on any atom is 0.323 e. The number of likely N-dealkylation sites (tertiary alicyclic amines) is 1. The number of nitriles is 1. The molecule has 0 amide bonds. The zero-order valence-corrected chi connectivity index (χ0v) is 29.7. The summed E-state index contributed by atoms with van der Waals surface area (Å²) in [6.07, 6.45) is 8.57. The Morgan fingerprint density at radius 2 is 1.94 bits per heavy atom. The number of nitrogens with zero attached hydrogens (tertiary/aromatic N) is 3. The van der Waals surface area contributed by atoms with Gasteiger partial charge in [-0.05, 0) is 42.2 Å². The van der Waals surface area contributed by atoms with Crippen molar-refractivity contribution in [1.82, 2.24) is 15.2 Å². The number of carboxylic acid groups (broad SMARTS) is 1. The van der Waals surface area contributed by atoms with Crippen molar-refractivity contribution in [2.45, 2.75) is 52.0 Å². The highest BCUT2D eigenvalue weighted by Crippen LogP contribution is 2.48. The zero-order chi connectivity index (χ0) is 36.4. The van der Waals surface area contributed by atoms with Crippen LogP contribution < -0.4 is 14.8 Å². The van der Waals surface area contributed by atoms with Gasteiger partial charge in [-0.1, -0.05) is 61.9 Å². The first-order valence-corrected chi connectivity index (χ1v) is 17.5. The van der Waals surface area contributed by atoms with Crippen molar-refractivity contribution in [1.29, 1.82) is 5.26 Å². The Labute approximate surface area is 303 Å². The monoisotopic (exact) mass is 716 g/mol. The topological polar surface area (TPSA) is 157 Å². The number of aliphatic hydroxyl groups excluding tert-OH is 2. The Morgan fingerprint density at radius 3 is 2.65 bits per heavy atom. The largest absolute Gasteiger partial charge is 0.497 e. The minimum Gasteiger partial charge on any atom is -0.497 e. The number of hydrogen-bond acceptors (Lipinski definition) is 10. The minimum atomic E-state index is -1.19. The molecule has 12 heteroatoms. The van der Waals surface area contributed by atoms with E-state index < -0.39 is 24.0 Å². The van der Waals surface area contributed by atoms with E-state index in [2.05, 4.69) is 53.3 Å². The smallest absolute Gasteiger partial charge is 0.323 e. The molecular formula is C39H45ClN4O7. The summed E-state index contributed by atoms with van der Waals surface area (Å²) in [5.41, 5.74) is 3.48. The number of nitrogens with one attached hydrogen (secondary N) is 1. The predicted octanol–water partition coefficient (Wildman–Crippen LogP) is 5.20. The average molecular weight is 717 g/mol. The zero-order valence-electron chi connectivity index (χ0n) is 28.9. The molecule has 4 N–H and O–H groups in total. The molecule has 1 aliphatic heterocycles. The van der Waals surface area contributed by atoms with Crippen LogP contribution in [0.3, 0.4) is 0 Å². The van der Waals surface area contributed by atoms with Crippen LogP contribution in [0.4, 0.5) is 0 Å². The average Bonchev–Trinajstić information content (AvgIpc) is 3.54. The van der Waals surface area contributed by atoms with E-state index in [-0.39, 0.29) is 31.8 Å². The molecule has 3 atom stereocenters. The second kappa shape index (κ2) is 17.7. The number of ether oxygens (including phenoxy) is 3. The number of β-amino-alcohol motifs (C(OH)–C–C–N with tert-alkyl or cyclic N) is 1. The van der Waals surface area contributed by atoms with Gasteiger partial charge in [-0.15, -0.1) is 0 Å². The number of halogens is 1.